The molecule has 0 aliphatic carbocycles. The number of nitrogens with zero attached hydrogens (tertiary/aromatic N) is 3. The third kappa shape index (κ3) is 5.17. The Morgan fingerprint density at radius 1 is 0.364 bits per heavy atom. The van der Waals surface area contributed by atoms with E-state index in [-0.39, 0.29) is 0 Å². The zero-order valence-electron chi connectivity index (χ0n) is 29.6. The van der Waals surface area contributed by atoms with E-state index >= 15 is 0 Å². The zero-order valence-corrected chi connectivity index (χ0v) is 29.6. The molecular weight excluding hydrogens is 675 g/mol. The number of rotatable bonds is 6. The molecule has 258 valence electrons. The van der Waals surface area contributed by atoms with E-state index in [0.29, 0.717) is 0 Å². The highest BCUT2D eigenvalue weighted by Crippen LogP contribution is 2.41. The Morgan fingerprint density at radius 2 is 0.873 bits per heavy atom. The summed E-state index contributed by atoms with van der Waals surface area (Å²) in [5.74, 6) is 0. The molecule has 4 aromatic heterocycles. The van der Waals surface area contributed by atoms with Gasteiger partial charge in [0.1, 0.15) is 22.6 Å². The van der Waals surface area contributed by atoms with Crippen LogP contribution in [0.1, 0.15) is 0 Å². The highest BCUT2D eigenvalue weighted by Gasteiger charge is 2.19. The topological polar surface area (TPSA) is 55.3 Å². The van der Waals surface area contributed by atoms with Gasteiger partial charge in [0, 0.05) is 62.1 Å². The molecule has 7 aromatic carbocycles. The van der Waals surface area contributed by atoms with E-state index in [1.807, 2.05) is 60.9 Å². The van der Waals surface area contributed by atoms with Gasteiger partial charge in [-0.25, -0.2) is 0 Å². The van der Waals surface area contributed by atoms with Crippen molar-refractivity contribution in [2.24, 2.45) is 0 Å². The minimum atomic E-state index is 0.791. The molecule has 0 bridgehead atoms. The van der Waals surface area contributed by atoms with Crippen LogP contribution in [0.5, 0.6) is 0 Å². The number of hydrogen-bond acceptors (Lipinski definition) is 5. The highest BCUT2D eigenvalue weighted by molar-refractivity contribution is 6.10. The Morgan fingerprint density at radius 3 is 1.47 bits per heavy atom. The van der Waals surface area contributed by atoms with Crippen molar-refractivity contribution in [3.8, 4) is 33.6 Å². The first-order valence-electron chi connectivity index (χ1n) is 18.4. The van der Waals surface area contributed by atoms with Gasteiger partial charge in [-0.2, -0.15) is 0 Å². The lowest BCUT2D eigenvalue weighted by atomic mass is 9.97. The molecule has 5 heteroatoms. The summed E-state index contributed by atoms with van der Waals surface area (Å²) in [6.45, 7) is 0. The Balaban J connectivity index is 1.03. The summed E-state index contributed by atoms with van der Waals surface area (Å²) in [6, 6.07) is 61.3. The summed E-state index contributed by atoms with van der Waals surface area (Å²) in [5.41, 5.74) is 12.3. The summed E-state index contributed by atoms with van der Waals surface area (Å²) in [4.78, 5) is 11.9. The van der Waals surface area contributed by atoms with Gasteiger partial charge in [0.2, 0.25) is 0 Å². The van der Waals surface area contributed by atoms with Gasteiger partial charge in [-0.15, -0.1) is 0 Å². The van der Waals surface area contributed by atoms with Crippen molar-refractivity contribution in [1.29, 1.82) is 0 Å². The molecule has 0 aliphatic rings. The minimum Gasteiger partial charge on any atom is -0.454 e. The summed E-state index contributed by atoms with van der Waals surface area (Å²) < 4.78 is 12.7. The molecule has 0 aliphatic heterocycles. The summed E-state index contributed by atoms with van der Waals surface area (Å²) in [7, 11) is 0. The van der Waals surface area contributed by atoms with E-state index in [2.05, 4.69) is 132 Å². The van der Waals surface area contributed by atoms with Crippen molar-refractivity contribution >= 4 is 71.7 Å². The fourth-order valence-electron chi connectivity index (χ4n) is 7.99. The Kier molecular flexibility index (Phi) is 7.10. The molecule has 0 N–H and O–H groups in total. The second-order valence-electron chi connectivity index (χ2n) is 13.8. The number of hydrogen-bond donors (Lipinski definition) is 0. The van der Waals surface area contributed by atoms with Gasteiger partial charge in [-0.3, -0.25) is 9.97 Å². The minimum absolute atomic E-state index is 0.791. The average Bonchev–Trinajstić information content (AvgIpc) is 3.83. The van der Waals surface area contributed by atoms with Crippen LogP contribution in [-0.4, -0.2) is 9.97 Å². The van der Waals surface area contributed by atoms with Crippen LogP contribution in [0.3, 0.4) is 0 Å². The van der Waals surface area contributed by atoms with Gasteiger partial charge in [-0.1, -0.05) is 115 Å². The molecule has 55 heavy (non-hydrogen) atoms. The maximum Gasteiger partial charge on any atom is 0.161 e. The molecule has 0 atom stereocenters. The third-order valence-corrected chi connectivity index (χ3v) is 10.6. The number of anilines is 3. The predicted molar refractivity (Wildman–Crippen MR) is 225 cm³/mol. The smallest absolute Gasteiger partial charge is 0.161 e. The molecule has 0 spiro atoms. The van der Waals surface area contributed by atoms with Crippen molar-refractivity contribution < 1.29 is 8.83 Å². The largest absolute Gasteiger partial charge is 0.454 e. The second-order valence-corrected chi connectivity index (χ2v) is 13.8. The molecule has 0 unspecified atom stereocenters. The number of fused-ring (bicyclic) bond motifs is 7. The number of benzene rings is 7. The van der Waals surface area contributed by atoms with Crippen LogP contribution in [0.25, 0.3) is 88.3 Å². The SMILES string of the molecule is c1cc(-c2cccc3ccccc23)cc(N(c2ccc(-c3nccc4c3oc3ccccc34)cc2)c2ccc(-c3nccc4c3oc3ccccc34)cc2)c1. The quantitative estimate of drug-likeness (QED) is 0.172. The molecule has 4 heterocycles. The molecule has 0 saturated carbocycles. The van der Waals surface area contributed by atoms with Crippen LogP contribution < -0.4 is 4.90 Å². The van der Waals surface area contributed by atoms with Gasteiger partial charge in [0.05, 0.1) is 0 Å². The van der Waals surface area contributed by atoms with Gasteiger partial charge in [0.25, 0.3) is 0 Å². The van der Waals surface area contributed by atoms with Gasteiger partial charge < -0.3 is 13.7 Å². The van der Waals surface area contributed by atoms with E-state index in [1.165, 1.54) is 16.3 Å². The number of furan rings is 2. The van der Waals surface area contributed by atoms with Crippen molar-refractivity contribution in [1.82, 2.24) is 9.97 Å². The Bertz CT molecular complexity index is 3050. The van der Waals surface area contributed by atoms with E-state index in [9.17, 15) is 0 Å². The van der Waals surface area contributed by atoms with Crippen molar-refractivity contribution in [3.63, 3.8) is 0 Å². The number of para-hydroxylation sites is 2. The second kappa shape index (κ2) is 12.6. The summed E-state index contributed by atoms with van der Waals surface area (Å²) >= 11 is 0. The van der Waals surface area contributed by atoms with Crippen LogP contribution in [0, 0.1) is 0 Å². The average molecular weight is 706 g/mol. The first kappa shape index (κ1) is 31.1. The Hall–Kier alpha value is -7.50. The van der Waals surface area contributed by atoms with Crippen LogP contribution in [0.4, 0.5) is 17.1 Å². The molecule has 11 aromatic rings. The van der Waals surface area contributed by atoms with Crippen molar-refractivity contribution in [2.45, 2.75) is 0 Å². The van der Waals surface area contributed by atoms with Gasteiger partial charge in [0.15, 0.2) is 11.2 Å². The van der Waals surface area contributed by atoms with Crippen LogP contribution in [0.2, 0.25) is 0 Å². The molecule has 0 saturated heterocycles. The maximum absolute atomic E-state index is 6.35. The van der Waals surface area contributed by atoms with Gasteiger partial charge in [-0.05, 0) is 82.6 Å². The van der Waals surface area contributed by atoms with E-state index in [1.54, 1.807) is 0 Å². The fraction of sp³-hybridized carbons (Fsp3) is 0. The highest BCUT2D eigenvalue weighted by atomic mass is 16.3. The van der Waals surface area contributed by atoms with Crippen LogP contribution in [0.15, 0.2) is 197 Å². The van der Waals surface area contributed by atoms with E-state index in [4.69, 9.17) is 18.8 Å². The molecule has 11 rings (SSSR count). The molecule has 0 fully saturated rings. The number of pyridine rings is 2. The van der Waals surface area contributed by atoms with Crippen LogP contribution >= 0.6 is 0 Å². The first-order valence-corrected chi connectivity index (χ1v) is 18.4. The van der Waals surface area contributed by atoms with Crippen molar-refractivity contribution in [2.75, 3.05) is 4.90 Å². The number of aromatic nitrogens is 2. The maximum atomic E-state index is 6.35. The molecular formula is C50H31N3O2. The van der Waals surface area contributed by atoms with Crippen molar-refractivity contribution in [3.05, 3.63) is 188 Å². The lowest BCUT2D eigenvalue weighted by Crippen LogP contribution is -2.10. The fourth-order valence-corrected chi connectivity index (χ4v) is 7.99. The summed E-state index contributed by atoms with van der Waals surface area (Å²) in [5, 5.41) is 6.74. The monoisotopic (exact) mass is 705 g/mol. The third-order valence-electron chi connectivity index (χ3n) is 10.6. The molecule has 0 amide bonds. The Labute approximate surface area is 316 Å². The molecule has 5 nitrogen and oxygen atoms in total. The van der Waals surface area contributed by atoms with E-state index in [0.717, 1.165) is 89.0 Å². The molecule has 0 radical (unpaired) electrons. The van der Waals surface area contributed by atoms with Crippen LogP contribution in [-0.2, 0) is 0 Å². The first-order chi connectivity index (χ1) is 27.3. The lowest BCUT2D eigenvalue weighted by molar-refractivity contribution is 0.668. The predicted octanol–water partition coefficient (Wildman–Crippen LogP) is 13.9. The summed E-state index contributed by atoms with van der Waals surface area (Å²) in [6.07, 6.45) is 3.72. The lowest BCUT2D eigenvalue weighted by Gasteiger charge is -2.26. The standard InChI is InChI=1S/C50H31N3O2/c1-2-13-39-32(9-1)10-8-16-40(39)35-11-7-12-38(31-35)53(36-23-19-33(20-24-36)47-49-43(27-29-51-47)41-14-3-5-17-45(41)54-49)37-25-21-34(22-26-37)48-50-44(28-30-52-48)42-15-4-6-18-46(42)55-50/h1-31H. The van der Waals surface area contributed by atoms with E-state index < -0.39 is 0 Å². The zero-order chi connectivity index (χ0) is 36.3. The van der Waals surface area contributed by atoms with Gasteiger partial charge >= 0.3 is 0 Å². The normalized spacial score (nSPS) is 11.6.